The van der Waals surface area contributed by atoms with Crippen LogP contribution in [0.1, 0.15) is 36.8 Å². The molecule has 0 atom stereocenters. The molecule has 1 N–H and O–H groups in total. The Kier molecular flexibility index (Phi) is 4.25. The number of hydrogen-bond donors (Lipinski definition) is 1. The van der Waals surface area contributed by atoms with E-state index in [0.29, 0.717) is 25.7 Å². The van der Waals surface area contributed by atoms with Crippen LogP contribution >= 0.6 is 0 Å². The van der Waals surface area contributed by atoms with Gasteiger partial charge in [0.1, 0.15) is 0 Å². The van der Waals surface area contributed by atoms with E-state index in [9.17, 15) is 26.4 Å². The van der Waals surface area contributed by atoms with Gasteiger partial charge in [-0.1, -0.05) is 31.0 Å². The second kappa shape index (κ2) is 5.57. The zero-order valence-electron chi connectivity index (χ0n) is 11.9. The molecular formula is C14H16F3NO3S. The highest BCUT2D eigenvalue weighted by molar-refractivity contribution is 7.89. The lowest BCUT2D eigenvalue weighted by Crippen LogP contribution is -2.44. The summed E-state index contributed by atoms with van der Waals surface area (Å²) < 4.78 is 63.0. The van der Waals surface area contributed by atoms with Gasteiger partial charge in [-0.15, -0.1) is 0 Å². The molecule has 0 saturated heterocycles. The number of nitrogens with one attached hydrogen (secondary N) is 1. The number of alkyl halides is 3. The van der Waals surface area contributed by atoms with Crippen molar-refractivity contribution in [1.29, 1.82) is 0 Å². The molecule has 0 aromatic heterocycles. The predicted molar refractivity (Wildman–Crippen MR) is 74.6 cm³/mol. The third-order valence-electron chi connectivity index (χ3n) is 3.91. The Morgan fingerprint density at radius 2 is 1.82 bits per heavy atom. The van der Waals surface area contributed by atoms with Crippen molar-refractivity contribution in [2.24, 2.45) is 0 Å². The molecule has 2 rings (SSSR count). The van der Waals surface area contributed by atoms with Crippen LogP contribution < -0.4 is 4.72 Å². The number of sulfonamides is 1. The number of hydrogen-bond acceptors (Lipinski definition) is 3. The highest BCUT2D eigenvalue weighted by Crippen LogP contribution is 2.43. The zero-order chi connectivity index (χ0) is 16.6. The van der Waals surface area contributed by atoms with E-state index in [1.807, 2.05) is 4.72 Å². The Hall–Kier alpha value is -1.57. The molecule has 1 aromatic carbocycles. The first kappa shape index (κ1) is 16.8. The smallest absolute Gasteiger partial charge is 0.273 e. The first-order valence-corrected chi connectivity index (χ1v) is 8.64. The maximum absolute atomic E-state index is 12.9. The summed E-state index contributed by atoms with van der Waals surface area (Å²) in [6.07, 6.45) is -1.69. The molecule has 1 saturated carbocycles. The van der Waals surface area contributed by atoms with Crippen LogP contribution in [0.3, 0.4) is 0 Å². The summed E-state index contributed by atoms with van der Waals surface area (Å²) in [4.78, 5) is 12.4. The van der Waals surface area contributed by atoms with Crippen LogP contribution in [0.2, 0.25) is 0 Å². The average Bonchev–Trinajstić information content (AvgIpc) is 2.86. The van der Waals surface area contributed by atoms with Crippen molar-refractivity contribution in [3.8, 4) is 0 Å². The highest BCUT2D eigenvalue weighted by Gasteiger charge is 2.44. The van der Waals surface area contributed by atoms with Crippen molar-refractivity contribution in [3.05, 3.63) is 35.4 Å². The van der Waals surface area contributed by atoms with E-state index in [2.05, 4.69) is 0 Å². The van der Waals surface area contributed by atoms with Gasteiger partial charge in [0.2, 0.25) is 15.9 Å². The maximum Gasteiger partial charge on any atom is 0.416 e. The molecule has 0 spiro atoms. The van der Waals surface area contributed by atoms with Gasteiger partial charge in [0.05, 0.1) is 17.2 Å². The van der Waals surface area contributed by atoms with Crippen molar-refractivity contribution in [2.75, 3.05) is 6.26 Å². The van der Waals surface area contributed by atoms with E-state index in [1.165, 1.54) is 12.1 Å². The summed E-state index contributed by atoms with van der Waals surface area (Å²) >= 11 is 0. The Morgan fingerprint density at radius 3 is 2.32 bits per heavy atom. The molecule has 0 aliphatic heterocycles. The van der Waals surface area contributed by atoms with Crippen molar-refractivity contribution in [3.63, 3.8) is 0 Å². The molecule has 122 valence electrons. The summed E-state index contributed by atoms with van der Waals surface area (Å²) in [5.74, 6) is -0.758. The molecule has 1 aliphatic carbocycles. The SMILES string of the molecule is CS(=O)(=O)NC(=O)C1(c2cccc(C(F)(F)F)c2)CCCC1. The van der Waals surface area contributed by atoms with Crippen LogP contribution in [0.5, 0.6) is 0 Å². The molecule has 1 fully saturated rings. The van der Waals surface area contributed by atoms with E-state index in [-0.39, 0.29) is 5.56 Å². The molecule has 0 heterocycles. The van der Waals surface area contributed by atoms with Crippen molar-refractivity contribution in [2.45, 2.75) is 37.3 Å². The molecule has 22 heavy (non-hydrogen) atoms. The molecule has 4 nitrogen and oxygen atoms in total. The first-order chi connectivity index (χ1) is 10.0. The second-order valence-corrected chi connectivity index (χ2v) is 7.32. The number of carbonyl (C=O) groups is 1. The number of halogens is 3. The maximum atomic E-state index is 12.9. The third kappa shape index (κ3) is 3.43. The quantitative estimate of drug-likeness (QED) is 0.923. The highest BCUT2D eigenvalue weighted by atomic mass is 32.2. The normalized spacial score (nSPS) is 18.2. The van der Waals surface area contributed by atoms with E-state index >= 15 is 0 Å². The van der Waals surface area contributed by atoms with E-state index < -0.39 is 33.1 Å². The summed E-state index contributed by atoms with van der Waals surface area (Å²) in [5.41, 5.74) is -1.85. The van der Waals surface area contributed by atoms with Crippen LogP contribution in [0, 0.1) is 0 Å². The van der Waals surface area contributed by atoms with Crippen LogP contribution in [0.25, 0.3) is 0 Å². The van der Waals surface area contributed by atoms with Gasteiger partial charge in [0, 0.05) is 0 Å². The molecule has 0 unspecified atom stereocenters. The monoisotopic (exact) mass is 335 g/mol. The average molecular weight is 335 g/mol. The fourth-order valence-corrected chi connectivity index (χ4v) is 3.42. The lowest BCUT2D eigenvalue weighted by Gasteiger charge is -2.28. The van der Waals surface area contributed by atoms with Crippen LogP contribution in [-0.2, 0) is 26.4 Å². The minimum absolute atomic E-state index is 0.209. The van der Waals surface area contributed by atoms with Crippen molar-refractivity contribution < 1.29 is 26.4 Å². The topological polar surface area (TPSA) is 63.2 Å². The van der Waals surface area contributed by atoms with Gasteiger partial charge in [-0.2, -0.15) is 13.2 Å². The van der Waals surface area contributed by atoms with E-state index in [4.69, 9.17) is 0 Å². The fraction of sp³-hybridized carbons (Fsp3) is 0.500. The standard InChI is InChI=1S/C14H16F3NO3S/c1-22(20,21)18-12(19)13(7-2-3-8-13)10-5-4-6-11(9-10)14(15,16)17/h4-6,9H,2-3,7-8H2,1H3,(H,18,19). The van der Waals surface area contributed by atoms with Crippen LogP contribution in [-0.4, -0.2) is 20.6 Å². The number of rotatable bonds is 3. The summed E-state index contributed by atoms with van der Waals surface area (Å²) in [7, 11) is -3.77. The molecule has 1 aromatic rings. The number of carbonyl (C=O) groups excluding carboxylic acids is 1. The Labute approximate surface area is 126 Å². The van der Waals surface area contributed by atoms with Crippen LogP contribution in [0.15, 0.2) is 24.3 Å². The minimum Gasteiger partial charge on any atom is -0.273 e. The van der Waals surface area contributed by atoms with E-state index in [0.717, 1.165) is 18.4 Å². The fourth-order valence-electron chi connectivity index (χ4n) is 2.88. The zero-order valence-corrected chi connectivity index (χ0v) is 12.7. The Morgan fingerprint density at radius 1 is 1.23 bits per heavy atom. The first-order valence-electron chi connectivity index (χ1n) is 6.75. The lowest BCUT2D eigenvalue weighted by atomic mass is 9.77. The summed E-state index contributed by atoms with van der Waals surface area (Å²) in [5, 5.41) is 0. The molecule has 1 amide bonds. The number of amides is 1. The molecule has 0 radical (unpaired) electrons. The Bertz CT molecular complexity index is 677. The minimum atomic E-state index is -4.51. The van der Waals surface area contributed by atoms with Gasteiger partial charge < -0.3 is 0 Å². The molecular weight excluding hydrogens is 319 g/mol. The second-order valence-electron chi connectivity index (χ2n) is 5.57. The summed E-state index contributed by atoms with van der Waals surface area (Å²) in [6.45, 7) is 0. The Balaban J connectivity index is 2.46. The van der Waals surface area contributed by atoms with Crippen molar-refractivity contribution in [1.82, 2.24) is 4.72 Å². The van der Waals surface area contributed by atoms with Gasteiger partial charge >= 0.3 is 6.18 Å². The lowest BCUT2D eigenvalue weighted by molar-refractivity contribution is -0.138. The third-order valence-corrected chi connectivity index (χ3v) is 4.47. The molecule has 1 aliphatic rings. The van der Waals surface area contributed by atoms with Gasteiger partial charge in [-0.25, -0.2) is 8.42 Å². The predicted octanol–water partition coefficient (Wildman–Crippen LogP) is 2.59. The van der Waals surface area contributed by atoms with Crippen molar-refractivity contribution >= 4 is 15.9 Å². The van der Waals surface area contributed by atoms with Crippen LogP contribution in [0.4, 0.5) is 13.2 Å². The van der Waals surface area contributed by atoms with Gasteiger partial charge in [0.15, 0.2) is 0 Å². The van der Waals surface area contributed by atoms with Gasteiger partial charge in [0.25, 0.3) is 0 Å². The summed E-state index contributed by atoms with van der Waals surface area (Å²) in [6, 6.07) is 4.56. The molecule has 0 bridgehead atoms. The number of benzene rings is 1. The van der Waals surface area contributed by atoms with Gasteiger partial charge in [-0.05, 0) is 24.5 Å². The largest absolute Gasteiger partial charge is 0.416 e. The van der Waals surface area contributed by atoms with E-state index in [1.54, 1.807) is 0 Å². The molecule has 8 heteroatoms. The van der Waals surface area contributed by atoms with Gasteiger partial charge in [-0.3, -0.25) is 9.52 Å².